The van der Waals surface area contributed by atoms with Crippen molar-refractivity contribution in [2.75, 3.05) is 19.1 Å². The van der Waals surface area contributed by atoms with Crippen LogP contribution in [0.5, 0.6) is 5.75 Å². The lowest BCUT2D eigenvalue weighted by atomic mass is 10.1. The fourth-order valence-electron chi connectivity index (χ4n) is 2.81. The molecule has 0 spiro atoms. The number of methoxy groups -OCH3 is 2. The van der Waals surface area contributed by atoms with E-state index in [2.05, 4.69) is 4.98 Å². The number of carbonyl (C=O) groups excluding carboxylic acids is 2. The molecule has 0 fully saturated rings. The SMILES string of the molecule is COCc1ccc(C(=O)OCc2csc(N(C(C)=O)c3ccccc3OC)n2)cc1. The molecule has 1 aromatic heterocycles. The Bertz CT molecular complexity index is 1020. The van der Waals surface area contributed by atoms with Gasteiger partial charge in [0.2, 0.25) is 5.91 Å². The zero-order chi connectivity index (χ0) is 21.5. The number of hydrogen-bond acceptors (Lipinski definition) is 7. The Morgan fingerprint density at radius 1 is 1.03 bits per heavy atom. The number of anilines is 2. The average Bonchev–Trinajstić information content (AvgIpc) is 3.21. The average molecular weight is 426 g/mol. The highest BCUT2D eigenvalue weighted by Gasteiger charge is 2.21. The molecule has 0 N–H and O–H groups in total. The Labute approximate surface area is 178 Å². The first-order valence-corrected chi connectivity index (χ1v) is 10.0. The molecule has 1 amide bonds. The Balaban J connectivity index is 1.70. The number of thiazole rings is 1. The lowest BCUT2D eigenvalue weighted by molar-refractivity contribution is -0.115. The summed E-state index contributed by atoms with van der Waals surface area (Å²) in [6.07, 6.45) is 0. The van der Waals surface area contributed by atoms with Crippen molar-refractivity contribution in [3.63, 3.8) is 0 Å². The molecule has 0 unspecified atom stereocenters. The van der Waals surface area contributed by atoms with Crippen LogP contribution in [0, 0.1) is 0 Å². The smallest absolute Gasteiger partial charge is 0.338 e. The summed E-state index contributed by atoms with van der Waals surface area (Å²) in [7, 11) is 3.16. The second-order valence-corrected chi connectivity index (χ2v) is 7.19. The van der Waals surface area contributed by atoms with E-state index >= 15 is 0 Å². The molecule has 2 aromatic carbocycles. The maximum absolute atomic E-state index is 12.3. The summed E-state index contributed by atoms with van der Waals surface area (Å²) in [6.45, 7) is 1.95. The van der Waals surface area contributed by atoms with Crippen LogP contribution in [-0.2, 0) is 27.5 Å². The van der Waals surface area contributed by atoms with Crippen LogP contribution in [-0.4, -0.2) is 31.1 Å². The fraction of sp³-hybridized carbons (Fsp3) is 0.227. The summed E-state index contributed by atoms with van der Waals surface area (Å²) in [6, 6.07) is 14.2. The zero-order valence-electron chi connectivity index (χ0n) is 17.0. The van der Waals surface area contributed by atoms with Crippen LogP contribution < -0.4 is 9.64 Å². The van der Waals surface area contributed by atoms with Gasteiger partial charge in [-0.15, -0.1) is 11.3 Å². The van der Waals surface area contributed by atoms with Gasteiger partial charge in [0.15, 0.2) is 5.13 Å². The predicted octanol–water partition coefficient (Wildman–Crippen LogP) is 4.34. The zero-order valence-corrected chi connectivity index (χ0v) is 17.8. The number of ether oxygens (including phenoxy) is 3. The highest BCUT2D eigenvalue weighted by Crippen LogP contribution is 2.35. The number of para-hydroxylation sites is 2. The first kappa shape index (κ1) is 21.5. The van der Waals surface area contributed by atoms with Gasteiger partial charge in [-0.2, -0.15) is 0 Å². The first-order valence-electron chi connectivity index (χ1n) is 9.16. The minimum absolute atomic E-state index is 0.00677. The molecule has 0 atom stereocenters. The molecule has 156 valence electrons. The van der Waals surface area contributed by atoms with Crippen LogP contribution in [0.15, 0.2) is 53.9 Å². The van der Waals surface area contributed by atoms with Crippen LogP contribution in [0.1, 0.15) is 28.5 Å². The number of nitrogens with zero attached hydrogens (tertiary/aromatic N) is 2. The van der Waals surface area contributed by atoms with Crippen LogP contribution >= 0.6 is 11.3 Å². The van der Waals surface area contributed by atoms with Crippen molar-refractivity contribution in [2.45, 2.75) is 20.1 Å². The van der Waals surface area contributed by atoms with Crippen LogP contribution in [0.3, 0.4) is 0 Å². The summed E-state index contributed by atoms with van der Waals surface area (Å²) in [5.41, 5.74) is 2.57. The van der Waals surface area contributed by atoms with E-state index in [1.54, 1.807) is 43.9 Å². The van der Waals surface area contributed by atoms with E-state index in [9.17, 15) is 9.59 Å². The number of carbonyl (C=O) groups is 2. The summed E-state index contributed by atoms with van der Waals surface area (Å²) in [4.78, 5) is 30.5. The third-order valence-electron chi connectivity index (χ3n) is 4.22. The van der Waals surface area contributed by atoms with Crippen molar-refractivity contribution < 1.29 is 23.8 Å². The number of benzene rings is 2. The second-order valence-electron chi connectivity index (χ2n) is 6.35. The molecule has 8 heteroatoms. The summed E-state index contributed by atoms with van der Waals surface area (Å²) in [5, 5.41) is 2.23. The molecule has 0 radical (unpaired) electrons. The number of rotatable bonds is 8. The molecule has 0 saturated heterocycles. The van der Waals surface area contributed by atoms with Crippen molar-refractivity contribution in [1.29, 1.82) is 0 Å². The van der Waals surface area contributed by atoms with Crippen molar-refractivity contribution in [2.24, 2.45) is 0 Å². The van der Waals surface area contributed by atoms with E-state index in [1.165, 1.54) is 23.2 Å². The van der Waals surface area contributed by atoms with E-state index in [4.69, 9.17) is 14.2 Å². The second kappa shape index (κ2) is 10.00. The summed E-state index contributed by atoms with van der Waals surface area (Å²) < 4.78 is 15.8. The van der Waals surface area contributed by atoms with E-state index < -0.39 is 5.97 Å². The summed E-state index contributed by atoms with van der Waals surface area (Å²) in [5.74, 6) is -0.0805. The molecule has 0 bridgehead atoms. The van der Waals surface area contributed by atoms with Gasteiger partial charge in [0, 0.05) is 19.4 Å². The molecule has 0 aliphatic rings. The van der Waals surface area contributed by atoms with Gasteiger partial charge in [-0.3, -0.25) is 9.69 Å². The maximum atomic E-state index is 12.3. The van der Waals surface area contributed by atoms with Gasteiger partial charge in [0.05, 0.1) is 30.7 Å². The highest BCUT2D eigenvalue weighted by molar-refractivity contribution is 7.14. The van der Waals surface area contributed by atoms with E-state index in [0.29, 0.717) is 34.4 Å². The van der Waals surface area contributed by atoms with Crippen LogP contribution in [0.25, 0.3) is 0 Å². The number of amides is 1. The van der Waals surface area contributed by atoms with Gasteiger partial charge in [-0.25, -0.2) is 9.78 Å². The van der Waals surface area contributed by atoms with Crippen molar-refractivity contribution in [1.82, 2.24) is 4.98 Å². The molecule has 0 aliphatic heterocycles. The molecule has 30 heavy (non-hydrogen) atoms. The molecular formula is C22H22N2O5S. The molecule has 3 rings (SSSR count). The maximum Gasteiger partial charge on any atom is 0.338 e. The van der Waals surface area contributed by atoms with Gasteiger partial charge in [0.1, 0.15) is 12.4 Å². The third-order valence-corrected chi connectivity index (χ3v) is 5.10. The van der Waals surface area contributed by atoms with Crippen molar-refractivity contribution in [3.05, 3.63) is 70.7 Å². The van der Waals surface area contributed by atoms with Gasteiger partial charge in [-0.05, 0) is 29.8 Å². The van der Waals surface area contributed by atoms with Crippen molar-refractivity contribution in [3.8, 4) is 5.75 Å². The van der Waals surface area contributed by atoms with E-state index in [-0.39, 0.29) is 12.5 Å². The highest BCUT2D eigenvalue weighted by atomic mass is 32.1. The minimum Gasteiger partial charge on any atom is -0.495 e. The standard InChI is InChI=1S/C22H22N2O5S/c1-15(25)24(19-6-4-5-7-20(19)28-3)22-23-18(14-30-22)13-29-21(26)17-10-8-16(9-11-17)12-27-2/h4-11,14H,12-13H2,1-3H3. The minimum atomic E-state index is -0.443. The number of aromatic nitrogens is 1. The number of hydrogen-bond donors (Lipinski definition) is 0. The molecule has 1 heterocycles. The number of esters is 1. The van der Waals surface area contributed by atoms with E-state index in [0.717, 1.165) is 5.56 Å². The monoisotopic (exact) mass is 426 g/mol. The molecule has 7 nitrogen and oxygen atoms in total. The Kier molecular flexibility index (Phi) is 7.16. The molecule has 3 aromatic rings. The predicted molar refractivity (Wildman–Crippen MR) is 114 cm³/mol. The topological polar surface area (TPSA) is 78.0 Å². The Morgan fingerprint density at radius 3 is 2.43 bits per heavy atom. The lowest BCUT2D eigenvalue weighted by Gasteiger charge is -2.20. The molecule has 0 saturated carbocycles. The molecular weight excluding hydrogens is 404 g/mol. The quantitative estimate of drug-likeness (QED) is 0.499. The first-order chi connectivity index (χ1) is 14.5. The summed E-state index contributed by atoms with van der Waals surface area (Å²) >= 11 is 1.29. The fourth-order valence-corrected chi connectivity index (χ4v) is 3.68. The Morgan fingerprint density at radius 2 is 1.77 bits per heavy atom. The van der Waals surface area contributed by atoms with Crippen LogP contribution in [0.4, 0.5) is 10.8 Å². The third kappa shape index (κ3) is 5.03. The lowest BCUT2D eigenvalue weighted by Crippen LogP contribution is -2.23. The largest absolute Gasteiger partial charge is 0.495 e. The van der Waals surface area contributed by atoms with E-state index in [1.807, 2.05) is 24.3 Å². The van der Waals surface area contributed by atoms with Gasteiger partial charge < -0.3 is 14.2 Å². The van der Waals surface area contributed by atoms with Gasteiger partial charge in [0.25, 0.3) is 0 Å². The molecule has 0 aliphatic carbocycles. The van der Waals surface area contributed by atoms with Crippen molar-refractivity contribution >= 4 is 34.0 Å². The van der Waals surface area contributed by atoms with Gasteiger partial charge >= 0.3 is 5.97 Å². The Hall–Kier alpha value is -3.23. The normalized spacial score (nSPS) is 10.5. The van der Waals surface area contributed by atoms with Gasteiger partial charge in [-0.1, -0.05) is 24.3 Å². The van der Waals surface area contributed by atoms with Crippen LogP contribution in [0.2, 0.25) is 0 Å².